The number of aromatic nitrogens is 3. The Labute approximate surface area is 96.9 Å². The average molecular weight is 238 g/mol. The summed E-state index contributed by atoms with van der Waals surface area (Å²) in [6, 6.07) is 1.40. The Morgan fingerprint density at radius 1 is 1.38 bits per heavy atom. The van der Waals surface area contributed by atoms with Crippen LogP contribution in [0, 0.1) is 5.82 Å². The molecule has 0 aromatic carbocycles. The number of hydrogen-bond donors (Lipinski definition) is 1. The van der Waals surface area contributed by atoms with Crippen molar-refractivity contribution >= 4 is 17.5 Å². The molecule has 0 bridgehead atoms. The van der Waals surface area contributed by atoms with Gasteiger partial charge in [-0.05, 0) is 12.5 Å². The summed E-state index contributed by atoms with van der Waals surface area (Å²) in [6.07, 6.45) is 3.75. The molecule has 84 valence electrons. The molecular formula is C10H11FN4S. The van der Waals surface area contributed by atoms with Crippen LogP contribution in [-0.2, 0) is 0 Å². The highest BCUT2D eigenvalue weighted by Crippen LogP contribution is 2.25. The molecule has 6 heteroatoms. The highest BCUT2D eigenvalue weighted by molar-refractivity contribution is 6.99. The van der Waals surface area contributed by atoms with Crippen molar-refractivity contribution in [3.05, 3.63) is 24.3 Å². The molecule has 2 aromatic rings. The summed E-state index contributed by atoms with van der Waals surface area (Å²) < 4.78 is 21.3. The largest absolute Gasteiger partial charge is 0.367 e. The number of nitrogens with zero attached hydrogens (tertiary/aromatic N) is 3. The lowest BCUT2D eigenvalue weighted by molar-refractivity contribution is 0.622. The summed E-state index contributed by atoms with van der Waals surface area (Å²) in [4.78, 5) is 3.80. The molecular weight excluding hydrogens is 227 g/mol. The van der Waals surface area contributed by atoms with E-state index < -0.39 is 0 Å². The van der Waals surface area contributed by atoms with Gasteiger partial charge >= 0.3 is 0 Å². The number of nitrogens with one attached hydrogen (secondary N) is 1. The number of rotatable bonds is 4. The minimum atomic E-state index is -0.369. The Hall–Kier alpha value is -1.56. The van der Waals surface area contributed by atoms with E-state index in [4.69, 9.17) is 0 Å². The van der Waals surface area contributed by atoms with Gasteiger partial charge in [-0.3, -0.25) is 4.98 Å². The highest BCUT2D eigenvalue weighted by atomic mass is 32.1. The van der Waals surface area contributed by atoms with Gasteiger partial charge in [0.05, 0.1) is 17.9 Å². The Morgan fingerprint density at radius 2 is 2.25 bits per heavy atom. The van der Waals surface area contributed by atoms with E-state index in [0.29, 0.717) is 17.1 Å². The third-order valence-corrected chi connectivity index (χ3v) is 2.54. The third-order valence-electron chi connectivity index (χ3n) is 2.01. The fraction of sp³-hybridized carbons (Fsp3) is 0.300. The number of halogens is 1. The summed E-state index contributed by atoms with van der Waals surface area (Å²) in [5, 5.41) is 3.15. The minimum absolute atomic E-state index is 0.369. The van der Waals surface area contributed by atoms with Crippen LogP contribution in [0.1, 0.15) is 13.3 Å². The molecule has 0 atom stereocenters. The van der Waals surface area contributed by atoms with Crippen LogP contribution in [0.5, 0.6) is 0 Å². The zero-order chi connectivity index (χ0) is 11.4. The molecule has 0 unspecified atom stereocenters. The van der Waals surface area contributed by atoms with Gasteiger partial charge in [0.2, 0.25) is 0 Å². The normalized spacial score (nSPS) is 10.4. The molecule has 2 aromatic heterocycles. The van der Waals surface area contributed by atoms with E-state index in [-0.39, 0.29) is 5.82 Å². The second-order valence-electron chi connectivity index (χ2n) is 3.28. The number of hydrogen-bond acceptors (Lipinski definition) is 5. The first-order valence-corrected chi connectivity index (χ1v) is 5.71. The van der Waals surface area contributed by atoms with Crippen molar-refractivity contribution in [3.63, 3.8) is 0 Å². The van der Waals surface area contributed by atoms with Crippen molar-refractivity contribution in [1.82, 2.24) is 13.7 Å². The maximum atomic E-state index is 13.0. The van der Waals surface area contributed by atoms with Crippen LogP contribution in [0.4, 0.5) is 10.2 Å². The summed E-state index contributed by atoms with van der Waals surface area (Å²) >= 11 is 1.10. The first kappa shape index (κ1) is 10.9. The molecule has 0 saturated heterocycles. The molecule has 0 spiro atoms. The quantitative estimate of drug-likeness (QED) is 0.889. The fourth-order valence-electron chi connectivity index (χ4n) is 1.28. The van der Waals surface area contributed by atoms with Crippen molar-refractivity contribution in [2.75, 3.05) is 11.9 Å². The zero-order valence-corrected chi connectivity index (χ0v) is 9.59. The Kier molecular flexibility index (Phi) is 3.40. The zero-order valence-electron chi connectivity index (χ0n) is 8.77. The smallest absolute Gasteiger partial charge is 0.168 e. The molecule has 0 aliphatic heterocycles. The number of pyridine rings is 1. The van der Waals surface area contributed by atoms with E-state index in [1.807, 2.05) is 0 Å². The van der Waals surface area contributed by atoms with Crippen molar-refractivity contribution < 1.29 is 4.39 Å². The monoisotopic (exact) mass is 238 g/mol. The predicted octanol–water partition coefficient (Wildman–Crippen LogP) is 2.56. The second kappa shape index (κ2) is 4.98. The Bertz CT molecular complexity index is 471. The first-order valence-electron chi connectivity index (χ1n) is 4.98. The highest BCUT2D eigenvalue weighted by Gasteiger charge is 2.10. The lowest BCUT2D eigenvalue weighted by Gasteiger charge is -2.02. The summed E-state index contributed by atoms with van der Waals surface area (Å²) in [6.45, 7) is 2.89. The van der Waals surface area contributed by atoms with Gasteiger partial charge in [-0.2, -0.15) is 8.75 Å². The van der Waals surface area contributed by atoms with E-state index in [2.05, 4.69) is 26.0 Å². The molecule has 4 nitrogen and oxygen atoms in total. The van der Waals surface area contributed by atoms with Crippen LogP contribution in [-0.4, -0.2) is 20.3 Å². The summed E-state index contributed by atoms with van der Waals surface area (Å²) in [5.74, 6) is 0.325. The molecule has 0 aliphatic rings. The van der Waals surface area contributed by atoms with Crippen molar-refractivity contribution in [1.29, 1.82) is 0 Å². The van der Waals surface area contributed by atoms with Gasteiger partial charge < -0.3 is 5.32 Å². The van der Waals surface area contributed by atoms with Crippen LogP contribution < -0.4 is 5.32 Å². The van der Waals surface area contributed by atoms with Crippen LogP contribution in [0.25, 0.3) is 11.3 Å². The molecule has 2 rings (SSSR count). The maximum Gasteiger partial charge on any atom is 0.168 e. The van der Waals surface area contributed by atoms with Gasteiger partial charge in [-0.1, -0.05) is 6.92 Å². The number of anilines is 1. The van der Waals surface area contributed by atoms with Gasteiger partial charge in [0, 0.05) is 18.3 Å². The molecule has 0 aliphatic carbocycles. The third kappa shape index (κ3) is 2.33. The van der Waals surface area contributed by atoms with Crippen LogP contribution in [0.2, 0.25) is 0 Å². The van der Waals surface area contributed by atoms with Crippen molar-refractivity contribution in [2.45, 2.75) is 13.3 Å². The molecule has 16 heavy (non-hydrogen) atoms. The van der Waals surface area contributed by atoms with Gasteiger partial charge in [-0.25, -0.2) is 4.39 Å². The van der Waals surface area contributed by atoms with Crippen LogP contribution in [0.3, 0.4) is 0 Å². The van der Waals surface area contributed by atoms with Crippen LogP contribution >= 0.6 is 11.7 Å². The van der Waals surface area contributed by atoms with Gasteiger partial charge in [0.25, 0.3) is 0 Å². The standard InChI is InChI=1S/C10H11FN4S/c1-2-3-13-10-9(14-16-15-10)7-4-8(11)6-12-5-7/h4-6H,2-3H2,1H3,(H,13,15). The summed E-state index contributed by atoms with van der Waals surface area (Å²) in [5.41, 5.74) is 1.30. The predicted molar refractivity (Wildman–Crippen MR) is 61.9 cm³/mol. The lowest BCUT2D eigenvalue weighted by atomic mass is 10.2. The molecule has 0 fully saturated rings. The van der Waals surface area contributed by atoms with E-state index in [1.54, 1.807) is 6.20 Å². The SMILES string of the molecule is CCCNc1nsnc1-c1cncc(F)c1. The molecule has 1 N–H and O–H groups in total. The van der Waals surface area contributed by atoms with Gasteiger partial charge in [-0.15, -0.1) is 0 Å². The maximum absolute atomic E-state index is 13.0. The second-order valence-corrected chi connectivity index (χ2v) is 3.81. The van der Waals surface area contributed by atoms with Gasteiger partial charge in [0.1, 0.15) is 11.5 Å². The average Bonchev–Trinajstić information content (AvgIpc) is 2.74. The Morgan fingerprint density at radius 3 is 3.00 bits per heavy atom. The van der Waals surface area contributed by atoms with E-state index in [9.17, 15) is 4.39 Å². The van der Waals surface area contributed by atoms with E-state index in [0.717, 1.165) is 24.7 Å². The topological polar surface area (TPSA) is 50.7 Å². The first-order chi connectivity index (χ1) is 7.81. The Balaban J connectivity index is 2.29. The van der Waals surface area contributed by atoms with Gasteiger partial charge in [0.15, 0.2) is 5.82 Å². The fourth-order valence-corrected chi connectivity index (χ4v) is 1.83. The van der Waals surface area contributed by atoms with Crippen molar-refractivity contribution in [2.24, 2.45) is 0 Å². The van der Waals surface area contributed by atoms with Crippen molar-refractivity contribution in [3.8, 4) is 11.3 Å². The van der Waals surface area contributed by atoms with Crippen LogP contribution in [0.15, 0.2) is 18.5 Å². The summed E-state index contributed by atoms with van der Waals surface area (Å²) in [7, 11) is 0. The molecule has 0 saturated carbocycles. The molecule has 0 amide bonds. The van der Waals surface area contributed by atoms with E-state index >= 15 is 0 Å². The minimum Gasteiger partial charge on any atom is -0.367 e. The lowest BCUT2D eigenvalue weighted by Crippen LogP contribution is -2.01. The molecule has 0 radical (unpaired) electrons. The molecule has 2 heterocycles. The van der Waals surface area contributed by atoms with E-state index in [1.165, 1.54) is 12.3 Å².